The van der Waals surface area contributed by atoms with Crippen molar-refractivity contribution in [2.45, 2.75) is 70.4 Å². The molecule has 0 aromatic rings. The zero-order valence-electron chi connectivity index (χ0n) is 10.6. The molecule has 2 N–H and O–H groups in total. The van der Waals surface area contributed by atoms with Gasteiger partial charge in [-0.15, -0.1) is 0 Å². The molecule has 1 aliphatic rings. The van der Waals surface area contributed by atoms with Gasteiger partial charge in [0.05, 0.1) is 11.6 Å². The fourth-order valence-electron chi connectivity index (χ4n) is 2.31. The van der Waals surface area contributed by atoms with Crippen LogP contribution in [0.4, 0.5) is 0 Å². The van der Waals surface area contributed by atoms with Crippen molar-refractivity contribution in [2.75, 3.05) is 6.61 Å². The van der Waals surface area contributed by atoms with E-state index in [4.69, 9.17) is 10.5 Å². The number of carbonyl (C=O) groups excluding carboxylic acids is 1. The van der Waals surface area contributed by atoms with Crippen molar-refractivity contribution in [2.24, 2.45) is 5.73 Å². The van der Waals surface area contributed by atoms with Crippen molar-refractivity contribution in [3.63, 3.8) is 0 Å². The molecule has 0 spiro atoms. The van der Waals surface area contributed by atoms with Gasteiger partial charge in [-0.1, -0.05) is 13.3 Å². The van der Waals surface area contributed by atoms with Crippen molar-refractivity contribution in [1.29, 1.82) is 0 Å². The number of rotatable bonds is 7. The summed E-state index contributed by atoms with van der Waals surface area (Å²) >= 11 is 0. The molecular weight excluding hydrogens is 202 g/mol. The number of ether oxygens (including phenoxy) is 1. The minimum Gasteiger partial charge on any atom is -0.378 e. The minimum atomic E-state index is -0.620. The van der Waals surface area contributed by atoms with Gasteiger partial charge in [0.15, 0.2) is 5.78 Å². The third-order valence-electron chi connectivity index (χ3n) is 3.36. The number of carbonyl (C=O) groups is 1. The lowest BCUT2D eigenvalue weighted by atomic mass is 9.89. The first-order valence-electron chi connectivity index (χ1n) is 6.50. The predicted octanol–water partition coefficient (Wildman–Crippen LogP) is 2.42. The van der Waals surface area contributed by atoms with Crippen LogP contribution in [0.1, 0.15) is 58.8 Å². The molecule has 0 saturated carbocycles. The van der Waals surface area contributed by atoms with Gasteiger partial charge in [-0.3, -0.25) is 4.79 Å². The van der Waals surface area contributed by atoms with Crippen LogP contribution in [0.15, 0.2) is 0 Å². The lowest BCUT2D eigenvalue weighted by molar-refractivity contribution is -0.124. The summed E-state index contributed by atoms with van der Waals surface area (Å²) in [6.07, 6.45) is 6.99. The molecule has 16 heavy (non-hydrogen) atoms. The highest BCUT2D eigenvalue weighted by molar-refractivity contribution is 5.87. The van der Waals surface area contributed by atoms with E-state index in [9.17, 15) is 4.79 Å². The Morgan fingerprint density at radius 3 is 2.88 bits per heavy atom. The van der Waals surface area contributed by atoms with Crippen molar-refractivity contribution >= 4 is 5.78 Å². The average Bonchev–Trinajstić information content (AvgIpc) is 2.70. The Labute approximate surface area is 98.7 Å². The van der Waals surface area contributed by atoms with E-state index in [1.165, 1.54) is 6.42 Å². The molecule has 0 bridgehead atoms. The van der Waals surface area contributed by atoms with E-state index in [1.54, 1.807) is 0 Å². The van der Waals surface area contributed by atoms with Gasteiger partial charge in [0.1, 0.15) is 0 Å². The molecule has 0 amide bonds. The zero-order valence-corrected chi connectivity index (χ0v) is 10.6. The number of hydrogen-bond donors (Lipinski definition) is 1. The summed E-state index contributed by atoms with van der Waals surface area (Å²) in [7, 11) is 0. The smallest absolute Gasteiger partial charge is 0.152 e. The van der Waals surface area contributed by atoms with Crippen LogP contribution in [0.5, 0.6) is 0 Å². The predicted molar refractivity (Wildman–Crippen MR) is 65.3 cm³/mol. The lowest BCUT2D eigenvalue weighted by Crippen LogP contribution is -2.44. The Morgan fingerprint density at radius 2 is 2.31 bits per heavy atom. The van der Waals surface area contributed by atoms with Crippen LogP contribution in [0.25, 0.3) is 0 Å². The molecule has 94 valence electrons. The molecule has 0 aromatic carbocycles. The molecular formula is C13H25NO2. The quantitative estimate of drug-likeness (QED) is 0.726. The largest absolute Gasteiger partial charge is 0.378 e. The highest BCUT2D eigenvalue weighted by atomic mass is 16.5. The molecule has 1 fully saturated rings. The number of nitrogens with two attached hydrogens (primary N) is 1. The van der Waals surface area contributed by atoms with E-state index in [1.807, 2.05) is 6.92 Å². The molecule has 3 heteroatoms. The third kappa shape index (κ3) is 4.22. The van der Waals surface area contributed by atoms with Crippen LogP contribution < -0.4 is 5.73 Å². The van der Waals surface area contributed by atoms with Crippen LogP contribution in [0.3, 0.4) is 0 Å². The van der Waals surface area contributed by atoms with Crippen LogP contribution in [-0.2, 0) is 9.53 Å². The normalized spacial score (nSPS) is 24.3. The van der Waals surface area contributed by atoms with E-state index in [2.05, 4.69) is 6.92 Å². The van der Waals surface area contributed by atoms with E-state index in [-0.39, 0.29) is 5.78 Å². The Hall–Kier alpha value is -0.410. The summed E-state index contributed by atoms with van der Waals surface area (Å²) in [5.74, 6) is 0.201. The number of hydrogen-bond acceptors (Lipinski definition) is 3. The molecule has 1 aliphatic heterocycles. The van der Waals surface area contributed by atoms with E-state index >= 15 is 0 Å². The first kappa shape index (κ1) is 13.7. The van der Waals surface area contributed by atoms with Gasteiger partial charge in [-0.25, -0.2) is 0 Å². The van der Waals surface area contributed by atoms with Crippen molar-refractivity contribution in [3.8, 4) is 0 Å². The highest BCUT2D eigenvalue weighted by Gasteiger charge is 2.26. The van der Waals surface area contributed by atoms with E-state index in [0.717, 1.165) is 38.7 Å². The fraction of sp³-hybridized carbons (Fsp3) is 0.923. The summed E-state index contributed by atoms with van der Waals surface area (Å²) in [4.78, 5) is 11.9. The topological polar surface area (TPSA) is 52.3 Å². The van der Waals surface area contributed by atoms with E-state index in [0.29, 0.717) is 12.5 Å². The van der Waals surface area contributed by atoms with Crippen LogP contribution in [0.2, 0.25) is 0 Å². The average molecular weight is 227 g/mol. The monoisotopic (exact) mass is 227 g/mol. The Balaban J connectivity index is 2.18. The van der Waals surface area contributed by atoms with Crippen LogP contribution >= 0.6 is 0 Å². The standard InChI is InChI=1S/C13H25NO2/c1-3-9-13(2,14)12(15)8-4-6-11-7-5-10-16-11/h11H,3-10,14H2,1-2H3. The second-order valence-electron chi connectivity index (χ2n) is 5.12. The fourth-order valence-corrected chi connectivity index (χ4v) is 2.31. The second kappa shape index (κ2) is 6.36. The molecule has 0 aromatic heterocycles. The van der Waals surface area contributed by atoms with Gasteiger partial charge in [-0.05, 0) is 39.0 Å². The Kier molecular flexibility index (Phi) is 5.42. The van der Waals surface area contributed by atoms with Crippen LogP contribution in [-0.4, -0.2) is 24.0 Å². The maximum absolute atomic E-state index is 11.9. The van der Waals surface area contributed by atoms with E-state index < -0.39 is 5.54 Å². The summed E-state index contributed by atoms with van der Waals surface area (Å²) in [5.41, 5.74) is 5.36. The molecule has 2 unspecified atom stereocenters. The summed E-state index contributed by atoms with van der Waals surface area (Å²) in [6.45, 7) is 4.80. The summed E-state index contributed by atoms with van der Waals surface area (Å²) in [5, 5.41) is 0. The highest BCUT2D eigenvalue weighted by Crippen LogP contribution is 2.19. The van der Waals surface area contributed by atoms with Gasteiger partial charge < -0.3 is 10.5 Å². The van der Waals surface area contributed by atoms with Crippen molar-refractivity contribution in [3.05, 3.63) is 0 Å². The van der Waals surface area contributed by atoms with Gasteiger partial charge in [-0.2, -0.15) is 0 Å². The zero-order chi connectivity index (χ0) is 12.0. The SMILES string of the molecule is CCCC(C)(N)C(=O)CCCC1CCCO1. The summed E-state index contributed by atoms with van der Waals surface area (Å²) < 4.78 is 5.53. The third-order valence-corrected chi connectivity index (χ3v) is 3.36. The Bertz CT molecular complexity index is 220. The molecule has 2 atom stereocenters. The molecule has 1 rings (SSSR count). The number of ketones is 1. The van der Waals surface area contributed by atoms with Crippen molar-refractivity contribution in [1.82, 2.24) is 0 Å². The van der Waals surface area contributed by atoms with Gasteiger partial charge in [0, 0.05) is 13.0 Å². The van der Waals surface area contributed by atoms with Gasteiger partial charge >= 0.3 is 0 Å². The molecule has 0 aliphatic carbocycles. The maximum Gasteiger partial charge on any atom is 0.152 e. The first-order valence-corrected chi connectivity index (χ1v) is 6.50. The molecule has 3 nitrogen and oxygen atoms in total. The first-order chi connectivity index (χ1) is 7.56. The lowest BCUT2D eigenvalue weighted by Gasteiger charge is -2.22. The summed E-state index contributed by atoms with van der Waals surface area (Å²) in [6, 6.07) is 0. The minimum absolute atomic E-state index is 0.201. The van der Waals surface area contributed by atoms with Crippen molar-refractivity contribution < 1.29 is 9.53 Å². The van der Waals surface area contributed by atoms with Gasteiger partial charge in [0.25, 0.3) is 0 Å². The molecule has 0 radical (unpaired) electrons. The van der Waals surface area contributed by atoms with Crippen LogP contribution in [0, 0.1) is 0 Å². The number of Topliss-reactive ketones (excluding diaryl/α,β-unsaturated/α-hetero) is 1. The maximum atomic E-state index is 11.9. The molecule has 1 heterocycles. The Morgan fingerprint density at radius 1 is 1.56 bits per heavy atom. The molecule has 1 saturated heterocycles. The second-order valence-corrected chi connectivity index (χ2v) is 5.12. The van der Waals surface area contributed by atoms with Gasteiger partial charge in [0.2, 0.25) is 0 Å².